The fourth-order valence-corrected chi connectivity index (χ4v) is 3.53. The van der Waals surface area contributed by atoms with Crippen LogP contribution in [0, 0.1) is 5.92 Å². The molecule has 2 heterocycles. The maximum atomic E-state index is 12.7. The lowest BCUT2D eigenvalue weighted by Crippen LogP contribution is -2.28. The normalized spacial score (nSPS) is 18.5. The molecule has 1 fully saturated rings. The number of benzene rings is 2. The van der Waals surface area contributed by atoms with Gasteiger partial charge in [0.2, 0.25) is 11.8 Å². The molecular weight excluding hydrogens is 356 g/mol. The molecule has 0 bridgehead atoms. The number of ether oxygens (including phenoxy) is 2. The van der Waals surface area contributed by atoms with Crippen LogP contribution in [-0.2, 0) is 9.59 Å². The molecule has 4 rings (SSSR count). The molecule has 28 heavy (non-hydrogen) atoms. The van der Waals surface area contributed by atoms with Crippen molar-refractivity contribution in [2.75, 3.05) is 30.0 Å². The van der Waals surface area contributed by atoms with Crippen LogP contribution in [0.25, 0.3) is 0 Å². The van der Waals surface area contributed by atoms with Crippen LogP contribution in [0.1, 0.15) is 31.7 Å². The van der Waals surface area contributed by atoms with E-state index in [2.05, 4.69) is 19.2 Å². The minimum atomic E-state index is -0.384. The number of amides is 2. The van der Waals surface area contributed by atoms with E-state index in [0.29, 0.717) is 37.2 Å². The number of fused-ring (bicyclic) bond motifs is 1. The summed E-state index contributed by atoms with van der Waals surface area (Å²) in [7, 11) is 0. The van der Waals surface area contributed by atoms with Gasteiger partial charge in [-0.3, -0.25) is 9.59 Å². The molecule has 2 aromatic rings. The van der Waals surface area contributed by atoms with Gasteiger partial charge in [-0.25, -0.2) is 0 Å². The largest absolute Gasteiger partial charge is 0.486 e. The van der Waals surface area contributed by atoms with Gasteiger partial charge in [0.05, 0.1) is 5.92 Å². The molecule has 2 aliphatic rings. The number of carbonyl (C=O) groups excluding carboxylic acids is 2. The third-order valence-corrected chi connectivity index (χ3v) is 5.18. The molecule has 0 radical (unpaired) electrons. The first kappa shape index (κ1) is 18.3. The Morgan fingerprint density at radius 3 is 2.50 bits per heavy atom. The SMILES string of the molecule is CC(C)c1ccc(NC(=O)C2CC(=O)N(c3ccc4c(c3)OCCO4)C2)cc1. The Morgan fingerprint density at radius 1 is 1.07 bits per heavy atom. The number of anilines is 2. The smallest absolute Gasteiger partial charge is 0.229 e. The Hall–Kier alpha value is -3.02. The Kier molecular flexibility index (Phi) is 4.94. The highest BCUT2D eigenvalue weighted by atomic mass is 16.6. The van der Waals surface area contributed by atoms with Gasteiger partial charge in [-0.1, -0.05) is 26.0 Å². The van der Waals surface area contributed by atoms with Crippen molar-refractivity contribution in [3.05, 3.63) is 48.0 Å². The quantitative estimate of drug-likeness (QED) is 0.880. The standard InChI is InChI=1S/C22H24N2O4/c1-14(2)15-3-5-17(6-4-15)23-22(26)16-11-21(25)24(13-16)18-7-8-19-20(12-18)28-10-9-27-19/h3-8,12,14,16H,9-11,13H2,1-2H3,(H,23,26). The molecule has 6 nitrogen and oxygen atoms in total. The first-order valence-electron chi connectivity index (χ1n) is 9.62. The minimum absolute atomic E-state index is 0.0630. The summed E-state index contributed by atoms with van der Waals surface area (Å²) in [5.74, 6) is 1.18. The lowest BCUT2D eigenvalue weighted by Gasteiger charge is -2.22. The van der Waals surface area contributed by atoms with Crippen LogP contribution in [0.3, 0.4) is 0 Å². The van der Waals surface area contributed by atoms with E-state index in [1.54, 1.807) is 17.0 Å². The number of nitrogens with zero attached hydrogens (tertiary/aromatic N) is 1. The average molecular weight is 380 g/mol. The highest BCUT2D eigenvalue weighted by Gasteiger charge is 2.35. The van der Waals surface area contributed by atoms with Crippen LogP contribution >= 0.6 is 0 Å². The van der Waals surface area contributed by atoms with Crippen molar-refractivity contribution >= 4 is 23.2 Å². The second-order valence-electron chi connectivity index (χ2n) is 7.50. The molecule has 2 aromatic carbocycles. The minimum Gasteiger partial charge on any atom is -0.486 e. The third kappa shape index (κ3) is 3.67. The zero-order chi connectivity index (χ0) is 19.7. The van der Waals surface area contributed by atoms with Gasteiger partial charge in [0.15, 0.2) is 11.5 Å². The zero-order valence-corrected chi connectivity index (χ0v) is 16.1. The molecule has 1 atom stereocenters. The van der Waals surface area contributed by atoms with Gasteiger partial charge in [-0.2, -0.15) is 0 Å². The highest BCUT2D eigenvalue weighted by Crippen LogP contribution is 2.36. The van der Waals surface area contributed by atoms with Crippen molar-refractivity contribution in [1.29, 1.82) is 0 Å². The lowest BCUT2D eigenvalue weighted by atomic mass is 10.0. The summed E-state index contributed by atoms with van der Waals surface area (Å²) in [6.07, 6.45) is 0.199. The molecule has 1 saturated heterocycles. The number of carbonyl (C=O) groups is 2. The van der Waals surface area contributed by atoms with E-state index in [-0.39, 0.29) is 24.2 Å². The van der Waals surface area contributed by atoms with E-state index in [4.69, 9.17) is 9.47 Å². The molecule has 0 saturated carbocycles. The van der Waals surface area contributed by atoms with Gasteiger partial charge in [-0.05, 0) is 35.7 Å². The van der Waals surface area contributed by atoms with Crippen LogP contribution < -0.4 is 19.7 Å². The van der Waals surface area contributed by atoms with Crippen LogP contribution in [-0.4, -0.2) is 31.6 Å². The van der Waals surface area contributed by atoms with Crippen molar-refractivity contribution in [3.8, 4) is 11.5 Å². The van der Waals surface area contributed by atoms with Crippen LogP contribution in [0.4, 0.5) is 11.4 Å². The molecule has 0 aromatic heterocycles. The summed E-state index contributed by atoms with van der Waals surface area (Å²) in [5.41, 5.74) is 2.70. The van der Waals surface area contributed by atoms with E-state index < -0.39 is 0 Å². The molecule has 1 unspecified atom stereocenters. The summed E-state index contributed by atoms with van der Waals surface area (Å²) < 4.78 is 11.1. The lowest BCUT2D eigenvalue weighted by molar-refractivity contribution is -0.122. The number of hydrogen-bond donors (Lipinski definition) is 1. The van der Waals surface area contributed by atoms with E-state index in [0.717, 1.165) is 11.4 Å². The Morgan fingerprint density at radius 2 is 1.79 bits per heavy atom. The third-order valence-electron chi connectivity index (χ3n) is 5.18. The molecule has 2 amide bonds. The summed E-state index contributed by atoms with van der Waals surface area (Å²) >= 11 is 0. The molecule has 2 aliphatic heterocycles. The number of hydrogen-bond acceptors (Lipinski definition) is 4. The van der Waals surface area contributed by atoms with Crippen molar-refractivity contribution in [2.45, 2.75) is 26.2 Å². The maximum Gasteiger partial charge on any atom is 0.229 e. The van der Waals surface area contributed by atoms with Crippen molar-refractivity contribution in [2.24, 2.45) is 5.92 Å². The second kappa shape index (κ2) is 7.54. The van der Waals surface area contributed by atoms with Gasteiger partial charge in [0, 0.05) is 30.4 Å². The van der Waals surface area contributed by atoms with E-state index in [9.17, 15) is 9.59 Å². The van der Waals surface area contributed by atoms with Crippen molar-refractivity contribution in [3.63, 3.8) is 0 Å². The monoisotopic (exact) mass is 380 g/mol. The van der Waals surface area contributed by atoms with Gasteiger partial charge >= 0.3 is 0 Å². The maximum absolute atomic E-state index is 12.7. The fraction of sp³-hybridized carbons (Fsp3) is 0.364. The number of rotatable bonds is 4. The molecule has 6 heteroatoms. The summed E-state index contributed by atoms with van der Waals surface area (Å²) in [4.78, 5) is 26.8. The second-order valence-corrected chi connectivity index (χ2v) is 7.50. The van der Waals surface area contributed by atoms with Gasteiger partial charge in [0.1, 0.15) is 13.2 Å². The predicted molar refractivity (Wildman–Crippen MR) is 107 cm³/mol. The predicted octanol–water partition coefficient (Wildman–Crippen LogP) is 3.57. The molecular formula is C22H24N2O4. The van der Waals surface area contributed by atoms with Crippen molar-refractivity contribution in [1.82, 2.24) is 0 Å². The summed E-state index contributed by atoms with van der Waals surface area (Å²) in [5, 5.41) is 2.93. The van der Waals surface area contributed by atoms with E-state index in [1.165, 1.54) is 5.56 Å². The number of nitrogens with one attached hydrogen (secondary N) is 1. The first-order valence-corrected chi connectivity index (χ1v) is 9.62. The molecule has 0 aliphatic carbocycles. The first-order chi connectivity index (χ1) is 13.5. The molecule has 1 N–H and O–H groups in total. The van der Waals surface area contributed by atoms with Gasteiger partial charge < -0.3 is 19.7 Å². The Bertz CT molecular complexity index is 892. The van der Waals surface area contributed by atoms with Crippen LogP contribution in [0.2, 0.25) is 0 Å². The summed E-state index contributed by atoms with van der Waals surface area (Å²) in [6, 6.07) is 13.3. The van der Waals surface area contributed by atoms with Gasteiger partial charge in [0.25, 0.3) is 0 Å². The fourth-order valence-electron chi connectivity index (χ4n) is 3.53. The zero-order valence-electron chi connectivity index (χ0n) is 16.1. The van der Waals surface area contributed by atoms with Crippen LogP contribution in [0.5, 0.6) is 11.5 Å². The van der Waals surface area contributed by atoms with E-state index in [1.807, 2.05) is 30.3 Å². The highest BCUT2D eigenvalue weighted by molar-refractivity contribution is 6.03. The summed E-state index contributed by atoms with van der Waals surface area (Å²) in [6.45, 7) is 5.63. The topological polar surface area (TPSA) is 67.9 Å². The van der Waals surface area contributed by atoms with Crippen molar-refractivity contribution < 1.29 is 19.1 Å². The molecule has 146 valence electrons. The molecule has 0 spiro atoms. The van der Waals surface area contributed by atoms with E-state index >= 15 is 0 Å². The average Bonchev–Trinajstić information content (AvgIpc) is 3.10. The van der Waals surface area contributed by atoms with Gasteiger partial charge in [-0.15, -0.1) is 0 Å². The Labute approximate surface area is 164 Å². The van der Waals surface area contributed by atoms with Crippen LogP contribution in [0.15, 0.2) is 42.5 Å². The Balaban J connectivity index is 1.43.